The van der Waals surface area contributed by atoms with Crippen molar-refractivity contribution in [1.29, 1.82) is 0 Å². The summed E-state index contributed by atoms with van der Waals surface area (Å²) in [6.45, 7) is 3.99. The van der Waals surface area contributed by atoms with Gasteiger partial charge in [-0.1, -0.05) is 23.4 Å². The smallest absolute Gasteiger partial charge is 0.235 e. The average Bonchev–Trinajstić information content (AvgIpc) is 3.25. The molecule has 0 bridgehead atoms. The van der Waals surface area contributed by atoms with E-state index in [2.05, 4.69) is 32.5 Å². The summed E-state index contributed by atoms with van der Waals surface area (Å²) in [4.78, 5) is 19.8. The van der Waals surface area contributed by atoms with Gasteiger partial charge < -0.3 is 9.84 Å². The van der Waals surface area contributed by atoms with Crippen LogP contribution < -0.4 is 5.32 Å². The van der Waals surface area contributed by atoms with E-state index in [1.165, 1.54) is 5.56 Å². The maximum Gasteiger partial charge on any atom is 0.235 e. The Labute approximate surface area is 159 Å². The zero-order valence-electron chi connectivity index (χ0n) is 15.8. The average molecular weight is 366 g/mol. The van der Waals surface area contributed by atoms with Crippen LogP contribution in [0.15, 0.2) is 28.8 Å². The van der Waals surface area contributed by atoms with Crippen LogP contribution in [0.25, 0.3) is 0 Å². The third kappa shape index (κ3) is 2.78. The second-order valence-electron chi connectivity index (χ2n) is 8.33. The highest BCUT2D eigenvalue weighted by atomic mass is 16.5. The number of carbonyl (C=O) groups is 1. The van der Waals surface area contributed by atoms with Gasteiger partial charge in [-0.15, -0.1) is 0 Å². The molecular weight excluding hydrogens is 340 g/mol. The van der Waals surface area contributed by atoms with Gasteiger partial charge in [0.25, 0.3) is 0 Å². The van der Waals surface area contributed by atoms with Gasteiger partial charge in [-0.3, -0.25) is 9.69 Å². The Hall–Kier alpha value is -2.21. The summed E-state index contributed by atoms with van der Waals surface area (Å²) in [7, 11) is 0. The van der Waals surface area contributed by atoms with Gasteiger partial charge in [0.15, 0.2) is 5.82 Å². The van der Waals surface area contributed by atoms with Crippen LogP contribution in [-0.4, -0.2) is 40.1 Å². The van der Waals surface area contributed by atoms with Crippen molar-refractivity contribution in [3.8, 4) is 0 Å². The Kier molecular flexibility index (Phi) is 4.04. The van der Waals surface area contributed by atoms with E-state index < -0.39 is 0 Å². The number of carbonyl (C=O) groups excluding carboxylic acids is 1. The largest absolute Gasteiger partial charge is 0.339 e. The molecule has 0 unspecified atom stereocenters. The van der Waals surface area contributed by atoms with Gasteiger partial charge in [0.1, 0.15) is 0 Å². The molecule has 2 fully saturated rings. The number of aromatic nitrogens is 2. The van der Waals surface area contributed by atoms with E-state index in [1.807, 2.05) is 19.1 Å². The lowest BCUT2D eigenvalue weighted by molar-refractivity contribution is -0.122. The fourth-order valence-corrected chi connectivity index (χ4v) is 5.35. The predicted octanol–water partition coefficient (Wildman–Crippen LogP) is 3.39. The number of para-hydroxylation sites is 1. The highest BCUT2D eigenvalue weighted by Gasteiger charge is 2.49. The number of anilines is 1. The van der Waals surface area contributed by atoms with Crippen molar-refractivity contribution in [3.63, 3.8) is 0 Å². The lowest BCUT2D eigenvalue weighted by atomic mass is 9.68. The Balaban J connectivity index is 1.29. The Morgan fingerprint density at radius 3 is 2.81 bits per heavy atom. The maximum atomic E-state index is 12.8. The molecule has 1 saturated carbocycles. The Bertz CT molecular complexity index is 853. The topological polar surface area (TPSA) is 71.3 Å². The number of hydrogen-bond donors (Lipinski definition) is 1. The summed E-state index contributed by atoms with van der Waals surface area (Å²) < 4.78 is 5.43. The molecule has 6 heteroatoms. The van der Waals surface area contributed by atoms with Gasteiger partial charge in [-0.2, -0.15) is 4.98 Å². The summed E-state index contributed by atoms with van der Waals surface area (Å²) in [6.07, 6.45) is 6.28. The summed E-state index contributed by atoms with van der Waals surface area (Å²) in [6, 6.07) is 8.74. The minimum Gasteiger partial charge on any atom is -0.339 e. The van der Waals surface area contributed by atoms with Crippen LogP contribution in [0, 0.1) is 6.92 Å². The Morgan fingerprint density at radius 1 is 1.22 bits per heavy atom. The number of benzene rings is 1. The van der Waals surface area contributed by atoms with Crippen molar-refractivity contribution >= 4 is 11.6 Å². The number of piperidine rings is 1. The third-order valence-electron chi connectivity index (χ3n) is 6.80. The lowest BCUT2D eigenvalue weighted by Crippen LogP contribution is -2.48. The molecule has 142 valence electrons. The summed E-state index contributed by atoms with van der Waals surface area (Å²) in [5, 5.41) is 7.06. The molecule has 3 aliphatic rings. The number of nitrogens with zero attached hydrogens (tertiary/aromatic N) is 3. The lowest BCUT2D eigenvalue weighted by Gasteiger charge is -2.43. The SMILES string of the molecule is Cc1noc([C@@H]2CCCN(C3CCC4(CC3)C(=O)Nc3ccccc34)C2)n1. The van der Waals surface area contributed by atoms with Crippen LogP contribution in [0.1, 0.15) is 61.7 Å². The number of likely N-dealkylation sites (tertiary alicyclic amines) is 1. The van der Waals surface area contributed by atoms with Gasteiger partial charge in [-0.25, -0.2) is 0 Å². The van der Waals surface area contributed by atoms with Crippen LogP contribution in [0.5, 0.6) is 0 Å². The van der Waals surface area contributed by atoms with Gasteiger partial charge in [0.2, 0.25) is 11.8 Å². The fourth-order valence-electron chi connectivity index (χ4n) is 5.35. The van der Waals surface area contributed by atoms with Crippen molar-refractivity contribution in [2.24, 2.45) is 0 Å². The minimum atomic E-state index is -0.314. The summed E-state index contributed by atoms with van der Waals surface area (Å²) in [5.41, 5.74) is 1.89. The highest BCUT2D eigenvalue weighted by Crippen LogP contribution is 2.48. The highest BCUT2D eigenvalue weighted by molar-refractivity contribution is 6.06. The molecule has 5 rings (SSSR count). The van der Waals surface area contributed by atoms with Gasteiger partial charge >= 0.3 is 0 Å². The number of fused-ring (bicyclic) bond motifs is 2. The maximum absolute atomic E-state index is 12.8. The second kappa shape index (κ2) is 6.44. The van der Waals surface area contributed by atoms with Crippen LogP contribution in [0.2, 0.25) is 0 Å². The molecule has 2 aliphatic heterocycles. The predicted molar refractivity (Wildman–Crippen MR) is 102 cm³/mol. The molecule has 0 radical (unpaired) electrons. The first kappa shape index (κ1) is 16.9. The number of nitrogens with one attached hydrogen (secondary N) is 1. The number of hydrogen-bond acceptors (Lipinski definition) is 5. The van der Waals surface area contributed by atoms with E-state index in [-0.39, 0.29) is 11.3 Å². The molecule has 27 heavy (non-hydrogen) atoms. The molecule has 1 N–H and O–H groups in total. The van der Waals surface area contributed by atoms with E-state index in [0.29, 0.717) is 17.8 Å². The first-order valence-corrected chi connectivity index (χ1v) is 10.1. The molecule has 1 aromatic carbocycles. The van der Waals surface area contributed by atoms with Gasteiger partial charge in [0, 0.05) is 18.3 Å². The number of rotatable bonds is 2. The molecule has 1 saturated heterocycles. The molecular formula is C21H26N4O2. The molecule has 3 heterocycles. The van der Waals surface area contributed by atoms with Crippen LogP contribution in [-0.2, 0) is 10.2 Å². The second-order valence-corrected chi connectivity index (χ2v) is 8.33. The monoisotopic (exact) mass is 366 g/mol. The van der Waals surface area contributed by atoms with E-state index in [1.54, 1.807) is 0 Å². The summed E-state index contributed by atoms with van der Waals surface area (Å²) in [5.74, 6) is 2.03. The van der Waals surface area contributed by atoms with Crippen molar-refractivity contribution in [2.45, 2.75) is 62.8 Å². The minimum absolute atomic E-state index is 0.194. The zero-order valence-corrected chi connectivity index (χ0v) is 15.8. The molecule has 1 atom stereocenters. The van der Waals surface area contributed by atoms with E-state index in [9.17, 15) is 4.79 Å². The standard InChI is InChI=1S/C21H26N4O2/c1-14-22-19(27-24-14)15-5-4-12-25(13-15)16-8-10-21(11-9-16)17-6-2-3-7-18(17)23-20(21)26/h2-3,6-7,15-16H,4-5,8-13H2,1H3,(H,23,26)/t15-,16?,21?/m1/s1. The van der Waals surface area contributed by atoms with Gasteiger partial charge in [-0.05, 0) is 63.6 Å². The van der Waals surface area contributed by atoms with E-state index >= 15 is 0 Å². The van der Waals surface area contributed by atoms with Crippen molar-refractivity contribution in [2.75, 3.05) is 18.4 Å². The van der Waals surface area contributed by atoms with Crippen molar-refractivity contribution in [3.05, 3.63) is 41.5 Å². The van der Waals surface area contributed by atoms with Gasteiger partial charge in [0.05, 0.1) is 11.3 Å². The zero-order chi connectivity index (χ0) is 18.4. The molecule has 6 nitrogen and oxygen atoms in total. The van der Waals surface area contributed by atoms with E-state index in [0.717, 1.165) is 63.2 Å². The van der Waals surface area contributed by atoms with Crippen LogP contribution in [0.4, 0.5) is 5.69 Å². The molecule has 1 amide bonds. The van der Waals surface area contributed by atoms with Crippen LogP contribution >= 0.6 is 0 Å². The number of amides is 1. The van der Waals surface area contributed by atoms with E-state index in [4.69, 9.17) is 4.52 Å². The first-order chi connectivity index (χ1) is 13.2. The normalized spacial score (nSPS) is 31.1. The fraction of sp³-hybridized carbons (Fsp3) is 0.571. The molecule has 2 aromatic rings. The third-order valence-corrected chi connectivity index (χ3v) is 6.80. The van der Waals surface area contributed by atoms with Crippen molar-refractivity contribution < 1.29 is 9.32 Å². The van der Waals surface area contributed by atoms with Crippen molar-refractivity contribution in [1.82, 2.24) is 15.0 Å². The number of aryl methyl sites for hydroxylation is 1. The quantitative estimate of drug-likeness (QED) is 0.882. The first-order valence-electron chi connectivity index (χ1n) is 10.1. The summed E-state index contributed by atoms with van der Waals surface area (Å²) >= 11 is 0. The molecule has 1 aliphatic carbocycles. The molecule has 1 aromatic heterocycles. The molecule has 1 spiro atoms. The van der Waals surface area contributed by atoms with Crippen LogP contribution in [0.3, 0.4) is 0 Å². The Morgan fingerprint density at radius 2 is 2.04 bits per heavy atom.